The van der Waals surface area contributed by atoms with Crippen molar-refractivity contribution in [2.75, 3.05) is 17.2 Å². The number of aromatic nitrogens is 6. The molecule has 0 saturated heterocycles. The lowest BCUT2D eigenvalue weighted by molar-refractivity contribution is 0.939. The maximum atomic E-state index is 5.87. The molecule has 0 saturated carbocycles. The second-order valence-electron chi connectivity index (χ2n) is 3.69. The molecule has 3 aromatic heterocycles. The van der Waals surface area contributed by atoms with Crippen LogP contribution in [0, 0.1) is 0 Å². The number of fused-ring (bicyclic) bond motifs is 1. The summed E-state index contributed by atoms with van der Waals surface area (Å²) in [6, 6.07) is 0. The fourth-order valence-electron chi connectivity index (χ4n) is 1.78. The zero-order chi connectivity index (χ0) is 12.5. The third-order valence-electron chi connectivity index (χ3n) is 2.63. The smallest absolute Gasteiger partial charge is 0.235 e. The van der Waals surface area contributed by atoms with Gasteiger partial charge in [-0.3, -0.25) is 4.90 Å². The van der Waals surface area contributed by atoms with Crippen molar-refractivity contribution in [3.05, 3.63) is 18.9 Å². The lowest BCUT2D eigenvalue weighted by Crippen LogP contribution is -2.19. The van der Waals surface area contributed by atoms with Gasteiger partial charge in [-0.05, 0) is 6.92 Å². The van der Waals surface area contributed by atoms with E-state index in [1.54, 1.807) is 18.9 Å². The van der Waals surface area contributed by atoms with Crippen LogP contribution in [0.25, 0.3) is 11.2 Å². The highest BCUT2D eigenvalue weighted by Crippen LogP contribution is 2.22. The Morgan fingerprint density at radius 1 is 1.28 bits per heavy atom. The van der Waals surface area contributed by atoms with E-state index in [1.165, 1.54) is 0 Å². The van der Waals surface area contributed by atoms with E-state index in [4.69, 9.17) is 5.73 Å². The van der Waals surface area contributed by atoms with Crippen LogP contribution in [0.5, 0.6) is 0 Å². The minimum atomic E-state index is 0.380. The van der Waals surface area contributed by atoms with Crippen LogP contribution in [0.2, 0.25) is 0 Å². The number of imidazole rings is 2. The van der Waals surface area contributed by atoms with Gasteiger partial charge in [-0.1, -0.05) is 0 Å². The number of hydrogen-bond acceptors (Lipinski definition) is 6. The van der Waals surface area contributed by atoms with Crippen molar-refractivity contribution < 1.29 is 0 Å². The van der Waals surface area contributed by atoms with Gasteiger partial charge in [0, 0.05) is 6.54 Å². The largest absolute Gasteiger partial charge is 0.382 e. The molecule has 0 aliphatic heterocycles. The lowest BCUT2D eigenvalue weighted by Gasteiger charge is -2.18. The summed E-state index contributed by atoms with van der Waals surface area (Å²) in [5.41, 5.74) is 7.08. The third kappa shape index (κ3) is 1.54. The van der Waals surface area contributed by atoms with Gasteiger partial charge in [0.25, 0.3) is 0 Å². The molecule has 0 bridgehead atoms. The Labute approximate surface area is 102 Å². The zero-order valence-electron chi connectivity index (χ0n) is 9.75. The molecule has 8 heteroatoms. The van der Waals surface area contributed by atoms with E-state index in [0.29, 0.717) is 29.5 Å². The summed E-state index contributed by atoms with van der Waals surface area (Å²) in [5, 5.41) is 0. The predicted octanol–water partition coefficient (Wildman–Crippen LogP) is 0.816. The first-order valence-corrected chi connectivity index (χ1v) is 5.52. The van der Waals surface area contributed by atoms with Crippen LogP contribution in [0.1, 0.15) is 6.92 Å². The summed E-state index contributed by atoms with van der Waals surface area (Å²) in [4.78, 5) is 24.5. The van der Waals surface area contributed by atoms with E-state index in [9.17, 15) is 0 Å². The predicted molar refractivity (Wildman–Crippen MR) is 67.4 cm³/mol. The average Bonchev–Trinajstić information content (AvgIpc) is 3.00. The van der Waals surface area contributed by atoms with E-state index >= 15 is 0 Å². The number of hydrogen-bond donors (Lipinski definition) is 3. The molecule has 3 heterocycles. The van der Waals surface area contributed by atoms with Crippen molar-refractivity contribution >= 4 is 28.7 Å². The fraction of sp³-hybridized carbons (Fsp3) is 0.200. The first-order valence-electron chi connectivity index (χ1n) is 5.52. The summed E-state index contributed by atoms with van der Waals surface area (Å²) in [7, 11) is 0. The van der Waals surface area contributed by atoms with Crippen molar-refractivity contribution in [1.82, 2.24) is 29.9 Å². The maximum absolute atomic E-state index is 5.87. The molecule has 0 unspecified atom stereocenters. The van der Waals surface area contributed by atoms with Gasteiger partial charge in [0.05, 0.1) is 18.9 Å². The van der Waals surface area contributed by atoms with Crippen molar-refractivity contribution in [2.24, 2.45) is 0 Å². The summed E-state index contributed by atoms with van der Waals surface area (Å²) < 4.78 is 0. The van der Waals surface area contributed by atoms with Gasteiger partial charge in [-0.15, -0.1) is 0 Å². The Kier molecular flexibility index (Phi) is 2.33. The third-order valence-corrected chi connectivity index (χ3v) is 2.63. The SMILES string of the molecule is CCN(c1nc(N)c2[nH]cnc2n1)c1cnc[nH]1. The number of aromatic amines is 2. The van der Waals surface area contributed by atoms with Crippen LogP contribution in [-0.2, 0) is 0 Å². The highest BCUT2D eigenvalue weighted by atomic mass is 15.3. The van der Waals surface area contributed by atoms with Crippen molar-refractivity contribution in [2.45, 2.75) is 6.92 Å². The van der Waals surface area contributed by atoms with Crippen molar-refractivity contribution in [3.63, 3.8) is 0 Å². The van der Waals surface area contributed by atoms with Crippen LogP contribution in [0.3, 0.4) is 0 Å². The normalized spacial score (nSPS) is 10.9. The molecule has 3 rings (SSSR count). The second-order valence-corrected chi connectivity index (χ2v) is 3.69. The van der Waals surface area contributed by atoms with Crippen LogP contribution < -0.4 is 10.6 Å². The molecule has 0 radical (unpaired) electrons. The van der Waals surface area contributed by atoms with Gasteiger partial charge in [0.2, 0.25) is 5.95 Å². The number of nitrogens with zero attached hydrogens (tertiary/aromatic N) is 5. The van der Waals surface area contributed by atoms with Crippen molar-refractivity contribution in [1.29, 1.82) is 0 Å². The molecule has 18 heavy (non-hydrogen) atoms. The minimum absolute atomic E-state index is 0.380. The van der Waals surface area contributed by atoms with Gasteiger partial charge in [0.1, 0.15) is 11.3 Å². The first kappa shape index (κ1) is 10.5. The summed E-state index contributed by atoms with van der Waals surface area (Å²) >= 11 is 0. The second kappa shape index (κ2) is 3.99. The monoisotopic (exact) mass is 244 g/mol. The average molecular weight is 244 g/mol. The Hall–Kier alpha value is -2.64. The molecule has 0 fully saturated rings. The van der Waals surface area contributed by atoms with E-state index in [-0.39, 0.29) is 0 Å². The van der Waals surface area contributed by atoms with Crippen LogP contribution in [-0.4, -0.2) is 36.4 Å². The number of anilines is 3. The number of nitrogens with two attached hydrogens (primary N) is 1. The standard InChI is InChI=1S/C10H12N8/c1-2-18(6-3-12-4-13-6)10-16-8(11)7-9(17-10)15-5-14-7/h3-5H,2H2,1H3,(H,12,13)(H3,11,14,15,16,17). The Bertz CT molecular complexity index is 656. The Balaban J connectivity index is 2.12. The topological polar surface area (TPSA) is 112 Å². The highest BCUT2D eigenvalue weighted by molar-refractivity contribution is 5.82. The fourth-order valence-corrected chi connectivity index (χ4v) is 1.78. The maximum Gasteiger partial charge on any atom is 0.235 e. The molecule has 0 aliphatic rings. The summed E-state index contributed by atoms with van der Waals surface area (Å²) in [6.07, 6.45) is 4.86. The lowest BCUT2D eigenvalue weighted by atomic mass is 10.5. The summed E-state index contributed by atoms with van der Waals surface area (Å²) in [5.74, 6) is 1.69. The van der Waals surface area contributed by atoms with Crippen LogP contribution in [0.4, 0.5) is 17.6 Å². The Morgan fingerprint density at radius 3 is 2.89 bits per heavy atom. The zero-order valence-corrected chi connectivity index (χ0v) is 9.75. The van der Waals surface area contributed by atoms with E-state index < -0.39 is 0 Å². The van der Waals surface area contributed by atoms with E-state index in [1.807, 2.05) is 11.8 Å². The molecule has 3 aromatic rings. The quantitative estimate of drug-likeness (QED) is 0.628. The van der Waals surface area contributed by atoms with Crippen LogP contribution in [0.15, 0.2) is 18.9 Å². The number of nitrogens with one attached hydrogen (secondary N) is 2. The van der Waals surface area contributed by atoms with E-state index in [0.717, 1.165) is 5.82 Å². The number of nitrogen functional groups attached to an aromatic ring is 1. The molecular weight excluding hydrogens is 232 g/mol. The van der Waals surface area contributed by atoms with Gasteiger partial charge < -0.3 is 15.7 Å². The highest BCUT2D eigenvalue weighted by Gasteiger charge is 2.15. The molecule has 0 aromatic carbocycles. The number of rotatable bonds is 3. The molecule has 4 N–H and O–H groups in total. The molecule has 0 spiro atoms. The van der Waals surface area contributed by atoms with Crippen molar-refractivity contribution in [3.8, 4) is 0 Å². The molecule has 0 atom stereocenters. The van der Waals surface area contributed by atoms with Gasteiger partial charge in [-0.25, -0.2) is 9.97 Å². The minimum Gasteiger partial charge on any atom is -0.382 e. The van der Waals surface area contributed by atoms with E-state index in [2.05, 4.69) is 29.9 Å². The van der Waals surface area contributed by atoms with Crippen LogP contribution >= 0.6 is 0 Å². The summed E-state index contributed by atoms with van der Waals surface area (Å²) in [6.45, 7) is 2.69. The van der Waals surface area contributed by atoms with Gasteiger partial charge >= 0.3 is 0 Å². The Morgan fingerprint density at radius 2 is 2.17 bits per heavy atom. The number of H-pyrrole nitrogens is 2. The first-order chi connectivity index (χ1) is 8.79. The van der Waals surface area contributed by atoms with Gasteiger partial charge in [-0.2, -0.15) is 9.97 Å². The molecule has 0 amide bonds. The molecule has 0 aliphatic carbocycles. The van der Waals surface area contributed by atoms with Gasteiger partial charge in [0.15, 0.2) is 11.5 Å². The molecule has 8 nitrogen and oxygen atoms in total. The molecule has 92 valence electrons. The molecular formula is C10H12N8.